The molecule has 1 aromatic rings. The highest BCUT2D eigenvalue weighted by Gasteiger charge is 2.15. The fourth-order valence-electron chi connectivity index (χ4n) is 1.53. The van der Waals surface area contributed by atoms with E-state index >= 15 is 0 Å². The van der Waals surface area contributed by atoms with Gasteiger partial charge in [-0.1, -0.05) is 6.07 Å². The lowest BCUT2D eigenvalue weighted by atomic mass is 10.1. The van der Waals surface area contributed by atoms with E-state index in [4.69, 9.17) is 4.74 Å². The third-order valence-corrected chi connectivity index (χ3v) is 2.31. The molecule has 1 N–H and O–H groups in total. The van der Waals surface area contributed by atoms with Crippen LogP contribution in [-0.2, 0) is 16.1 Å². The van der Waals surface area contributed by atoms with Crippen molar-refractivity contribution in [3.8, 4) is 0 Å². The maximum Gasteiger partial charge on any atom is 0.320 e. The number of benzene rings is 1. The van der Waals surface area contributed by atoms with Crippen LogP contribution < -0.4 is 5.32 Å². The van der Waals surface area contributed by atoms with E-state index in [1.54, 1.807) is 6.07 Å². The van der Waals surface area contributed by atoms with E-state index in [9.17, 15) is 9.18 Å². The summed E-state index contributed by atoms with van der Waals surface area (Å²) < 4.78 is 18.1. The van der Waals surface area contributed by atoms with Crippen molar-refractivity contribution in [2.45, 2.75) is 39.8 Å². The van der Waals surface area contributed by atoms with Crippen LogP contribution in [0.3, 0.4) is 0 Å². The van der Waals surface area contributed by atoms with E-state index in [0.717, 1.165) is 11.1 Å². The average Bonchev–Trinajstić information content (AvgIpc) is 2.18. The molecule has 3 nitrogen and oxygen atoms in total. The fraction of sp³-hybridized carbons (Fsp3) is 0.500. The van der Waals surface area contributed by atoms with E-state index in [-0.39, 0.29) is 18.3 Å². The summed E-state index contributed by atoms with van der Waals surface area (Å²) in [5, 5.41) is 2.99. The van der Waals surface area contributed by atoms with E-state index in [2.05, 4.69) is 5.32 Å². The predicted octanol–water partition coefficient (Wildman–Crippen LogP) is 2.57. The second-order valence-corrected chi connectivity index (χ2v) is 5.26. The van der Waals surface area contributed by atoms with Crippen molar-refractivity contribution >= 4 is 5.97 Å². The molecule has 1 rings (SSSR count). The molecular weight excluding hydrogens is 233 g/mol. The SMILES string of the molecule is Cc1cc(F)ccc1CNCC(=O)OC(C)(C)C. The van der Waals surface area contributed by atoms with Crippen molar-refractivity contribution in [1.29, 1.82) is 0 Å². The zero-order valence-electron chi connectivity index (χ0n) is 11.3. The van der Waals surface area contributed by atoms with Crippen LogP contribution in [-0.4, -0.2) is 18.1 Å². The summed E-state index contributed by atoms with van der Waals surface area (Å²) in [6, 6.07) is 4.61. The Morgan fingerprint density at radius 2 is 2.06 bits per heavy atom. The number of hydrogen-bond acceptors (Lipinski definition) is 3. The van der Waals surface area contributed by atoms with Crippen LogP contribution in [0.4, 0.5) is 4.39 Å². The second kappa shape index (κ2) is 5.96. The Morgan fingerprint density at radius 1 is 1.39 bits per heavy atom. The molecule has 4 heteroatoms. The number of ether oxygens (including phenoxy) is 1. The summed E-state index contributed by atoms with van der Waals surface area (Å²) in [5.41, 5.74) is 1.37. The van der Waals surface area contributed by atoms with E-state index in [1.807, 2.05) is 27.7 Å². The first-order chi connectivity index (χ1) is 8.28. The number of carbonyl (C=O) groups is 1. The molecule has 0 heterocycles. The lowest BCUT2D eigenvalue weighted by molar-refractivity contribution is -0.153. The summed E-state index contributed by atoms with van der Waals surface area (Å²) in [6.45, 7) is 7.99. The van der Waals surface area contributed by atoms with Gasteiger partial charge in [0, 0.05) is 6.54 Å². The molecule has 0 saturated heterocycles. The van der Waals surface area contributed by atoms with Crippen molar-refractivity contribution in [2.75, 3.05) is 6.54 Å². The van der Waals surface area contributed by atoms with Crippen molar-refractivity contribution in [1.82, 2.24) is 5.32 Å². The molecule has 0 atom stereocenters. The standard InChI is InChI=1S/C14H20FNO2/c1-10-7-12(15)6-5-11(10)8-16-9-13(17)18-14(2,3)4/h5-7,16H,8-9H2,1-4H3. The Bertz CT molecular complexity index is 424. The van der Waals surface area contributed by atoms with Gasteiger partial charge in [-0.25, -0.2) is 4.39 Å². The summed E-state index contributed by atoms with van der Waals surface area (Å²) >= 11 is 0. The molecule has 0 aliphatic heterocycles. The van der Waals surface area contributed by atoms with Gasteiger partial charge in [-0.15, -0.1) is 0 Å². The van der Waals surface area contributed by atoms with Crippen LogP contribution in [0, 0.1) is 12.7 Å². The summed E-state index contributed by atoms with van der Waals surface area (Å²) in [7, 11) is 0. The molecule has 100 valence electrons. The van der Waals surface area contributed by atoms with Gasteiger partial charge in [0.15, 0.2) is 0 Å². The summed E-state index contributed by atoms with van der Waals surface area (Å²) in [4.78, 5) is 11.4. The molecule has 0 unspecified atom stereocenters. The first-order valence-electron chi connectivity index (χ1n) is 5.95. The summed E-state index contributed by atoms with van der Waals surface area (Å²) in [6.07, 6.45) is 0. The number of hydrogen-bond donors (Lipinski definition) is 1. The molecular formula is C14H20FNO2. The summed E-state index contributed by atoms with van der Waals surface area (Å²) in [5.74, 6) is -0.536. The zero-order valence-corrected chi connectivity index (χ0v) is 11.3. The lowest BCUT2D eigenvalue weighted by Gasteiger charge is -2.19. The first-order valence-corrected chi connectivity index (χ1v) is 5.95. The molecule has 0 aliphatic rings. The van der Waals surface area contributed by atoms with Crippen LogP contribution >= 0.6 is 0 Å². The van der Waals surface area contributed by atoms with Gasteiger partial charge < -0.3 is 10.1 Å². The minimum atomic E-state index is -0.468. The van der Waals surface area contributed by atoms with E-state index < -0.39 is 5.60 Å². The monoisotopic (exact) mass is 253 g/mol. The second-order valence-electron chi connectivity index (χ2n) is 5.26. The van der Waals surface area contributed by atoms with Gasteiger partial charge in [-0.3, -0.25) is 4.79 Å². The largest absolute Gasteiger partial charge is 0.459 e. The van der Waals surface area contributed by atoms with E-state index in [0.29, 0.717) is 6.54 Å². The van der Waals surface area contributed by atoms with Crippen molar-refractivity contribution in [3.05, 3.63) is 35.1 Å². The van der Waals surface area contributed by atoms with Gasteiger partial charge in [-0.2, -0.15) is 0 Å². The third-order valence-electron chi connectivity index (χ3n) is 2.31. The molecule has 0 aromatic heterocycles. The van der Waals surface area contributed by atoms with Crippen LogP contribution in [0.5, 0.6) is 0 Å². The number of halogens is 1. The molecule has 0 bridgehead atoms. The number of nitrogens with one attached hydrogen (secondary N) is 1. The van der Waals surface area contributed by atoms with E-state index in [1.165, 1.54) is 12.1 Å². The van der Waals surface area contributed by atoms with Gasteiger partial charge in [-0.05, 0) is 51.0 Å². The van der Waals surface area contributed by atoms with Crippen LogP contribution in [0.25, 0.3) is 0 Å². The molecule has 0 amide bonds. The number of carbonyl (C=O) groups excluding carboxylic acids is 1. The highest BCUT2D eigenvalue weighted by Crippen LogP contribution is 2.10. The van der Waals surface area contributed by atoms with Crippen molar-refractivity contribution in [2.24, 2.45) is 0 Å². The number of rotatable bonds is 4. The van der Waals surface area contributed by atoms with Gasteiger partial charge in [0.05, 0.1) is 6.54 Å². The maximum atomic E-state index is 12.9. The molecule has 0 saturated carbocycles. The highest BCUT2D eigenvalue weighted by atomic mass is 19.1. The quantitative estimate of drug-likeness (QED) is 0.838. The van der Waals surface area contributed by atoms with Crippen molar-refractivity contribution < 1.29 is 13.9 Å². The predicted molar refractivity (Wildman–Crippen MR) is 68.7 cm³/mol. The van der Waals surface area contributed by atoms with Gasteiger partial charge in [0.1, 0.15) is 11.4 Å². The molecule has 0 radical (unpaired) electrons. The fourth-order valence-corrected chi connectivity index (χ4v) is 1.53. The number of esters is 1. The van der Waals surface area contributed by atoms with Gasteiger partial charge in [0.2, 0.25) is 0 Å². The molecule has 1 aromatic carbocycles. The van der Waals surface area contributed by atoms with Crippen LogP contribution in [0.2, 0.25) is 0 Å². The Kier molecular flexibility index (Phi) is 4.84. The normalized spacial score (nSPS) is 11.4. The van der Waals surface area contributed by atoms with Gasteiger partial charge in [0.25, 0.3) is 0 Å². The van der Waals surface area contributed by atoms with Crippen LogP contribution in [0.1, 0.15) is 31.9 Å². The lowest BCUT2D eigenvalue weighted by Crippen LogP contribution is -2.31. The zero-order chi connectivity index (χ0) is 13.8. The molecule has 0 fully saturated rings. The Balaban J connectivity index is 2.40. The topological polar surface area (TPSA) is 38.3 Å². The molecule has 0 aliphatic carbocycles. The minimum Gasteiger partial charge on any atom is -0.459 e. The number of aryl methyl sites for hydroxylation is 1. The smallest absolute Gasteiger partial charge is 0.320 e. The molecule has 0 spiro atoms. The minimum absolute atomic E-state index is 0.147. The van der Waals surface area contributed by atoms with Gasteiger partial charge >= 0.3 is 5.97 Å². The highest BCUT2D eigenvalue weighted by molar-refractivity contribution is 5.72. The average molecular weight is 253 g/mol. The Hall–Kier alpha value is -1.42. The Labute approximate surface area is 107 Å². The molecule has 18 heavy (non-hydrogen) atoms. The Morgan fingerprint density at radius 3 is 2.61 bits per heavy atom. The maximum absolute atomic E-state index is 12.9. The van der Waals surface area contributed by atoms with Crippen LogP contribution in [0.15, 0.2) is 18.2 Å². The first kappa shape index (κ1) is 14.6. The third kappa shape index (κ3) is 5.27. The van der Waals surface area contributed by atoms with Crippen molar-refractivity contribution in [3.63, 3.8) is 0 Å².